The monoisotopic (exact) mass is 617 g/mol. The fourth-order valence-electron chi connectivity index (χ4n) is 5.58. The first-order valence-corrected chi connectivity index (χ1v) is 16.2. The lowest BCUT2D eigenvalue weighted by atomic mass is 9.81. The van der Waals surface area contributed by atoms with Crippen molar-refractivity contribution in [1.29, 1.82) is 0 Å². The second-order valence-corrected chi connectivity index (χ2v) is 13.1. The van der Waals surface area contributed by atoms with E-state index in [0.29, 0.717) is 23.7 Å². The number of para-hydroxylation sites is 1. The van der Waals surface area contributed by atoms with Crippen LogP contribution in [0.1, 0.15) is 57.7 Å². The van der Waals surface area contributed by atoms with Crippen molar-refractivity contribution in [2.24, 2.45) is 11.8 Å². The molecule has 5 rings (SSSR count). The molecule has 0 amide bonds. The van der Waals surface area contributed by atoms with Crippen LogP contribution in [-0.2, 0) is 23.4 Å². The molecule has 13 nitrogen and oxygen atoms in total. The fourth-order valence-corrected chi connectivity index (χ4v) is 7.14. The maximum atomic E-state index is 14.0. The van der Waals surface area contributed by atoms with Gasteiger partial charge in [-0.05, 0) is 55.9 Å². The van der Waals surface area contributed by atoms with Gasteiger partial charge in [-0.15, -0.1) is 0 Å². The number of nitrogen functional groups attached to an aromatic ring is 1. The average molecular weight is 618 g/mol. The maximum absolute atomic E-state index is 14.0. The molecule has 5 atom stereocenters. The lowest BCUT2D eigenvalue weighted by Gasteiger charge is -2.30. The molecular formula is C29H40N5O8P. The standard InChI is InChI=1S/C29H40N5O8P/c1-3-20-9-11-21(12-10-20)15-39-28(36)19(2)33-43(38,42-22-7-5-4-6-8-22)41-17-29(37)16-40-25(26(29)35)23-13-14-24-27(30)31-18-32-34(23)24/h4-8,13-14,18-21,25-26,35,37H,3,9-12,15-17H2,1-2H3,(H,33,38)(H2,30,31,32)/t19-,20?,21?,25-,26-,29?,43?/m0/s1. The topological polar surface area (TPSA) is 180 Å². The van der Waals surface area contributed by atoms with Gasteiger partial charge < -0.3 is 29.9 Å². The number of carbonyl (C=O) groups is 1. The van der Waals surface area contributed by atoms with Crippen LogP contribution in [0, 0.1) is 11.8 Å². The number of esters is 1. The Bertz CT molecular complexity index is 1430. The lowest BCUT2D eigenvalue weighted by Crippen LogP contribution is -2.47. The van der Waals surface area contributed by atoms with Gasteiger partial charge in [-0.2, -0.15) is 10.2 Å². The van der Waals surface area contributed by atoms with Gasteiger partial charge in [0.2, 0.25) is 0 Å². The van der Waals surface area contributed by atoms with Crippen molar-refractivity contribution in [3.05, 3.63) is 54.5 Å². The molecule has 0 spiro atoms. The van der Waals surface area contributed by atoms with Gasteiger partial charge in [0, 0.05) is 0 Å². The molecule has 14 heteroatoms. The van der Waals surface area contributed by atoms with Crippen molar-refractivity contribution in [2.45, 2.75) is 69.8 Å². The molecule has 2 aliphatic rings. The van der Waals surface area contributed by atoms with E-state index in [0.717, 1.165) is 38.0 Å². The van der Waals surface area contributed by atoms with E-state index in [1.165, 1.54) is 17.8 Å². The van der Waals surface area contributed by atoms with E-state index in [1.54, 1.807) is 42.5 Å². The zero-order valence-corrected chi connectivity index (χ0v) is 25.3. The Kier molecular flexibility index (Phi) is 9.70. The molecule has 1 saturated carbocycles. The van der Waals surface area contributed by atoms with Crippen LogP contribution in [0.15, 0.2) is 48.8 Å². The van der Waals surface area contributed by atoms with Crippen molar-refractivity contribution in [2.75, 3.05) is 25.6 Å². The fraction of sp³-hybridized carbons (Fsp3) is 0.552. The van der Waals surface area contributed by atoms with Crippen molar-refractivity contribution in [3.63, 3.8) is 0 Å². The second kappa shape index (κ2) is 13.3. The number of fused-ring (bicyclic) bond motifs is 1. The third-order valence-electron chi connectivity index (χ3n) is 8.32. The van der Waals surface area contributed by atoms with Crippen LogP contribution in [0.5, 0.6) is 5.75 Å². The van der Waals surface area contributed by atoms with Crippen LogP contribution in [0.3, 0.4) is 0 Å². The van der Waals surface area contributed by atoms with Crippen LogP contribution >= 0.6 is 7.75 Å². The molecule has 3 heterocycles. The highest BCUT2D eigenvalue weighted by molar-refractivity contribution is 7.52. The number of aliphatic hydroxyl groups is 2. The Hall–Kier alpha value is -3.06. The number of aromatic nitrogens is 3. The van der Waals surface area contributed by atoms with Crippen LogP contribution in [0.25, 0.3) is 5.52 Å². The number of hydrogen-bond acceptors (Lipinski definition) is 11. The minimum Gasteiger partial charge on any atom is -0.464 e. The molecule has 3 aromatic rings. The van der Waals surface area contributed by atoms with Gasteiger partial charge in [-0.1, -0.05) is 44.4 Å². The predicted molar refractivity (Wildman–Crippen MR) is 157 cm³/mol. The van der Waals surface area contributed by atoms with E-state index in [1.807, 2.05) is 0 Å². The highest BCUT2D eigenvalue weighted by Gasteiger charge is 2.51. The molecule has 2 aromatic heterocycles. The first-order chi connectivity index (χ1) is 20.6. The van der Waals surface area contributed by atoms with Crippen molar-refractivity contribution >= 4 is 25.1 Å². The number of rotatable bonds is 12. The molecule has 1 aliphatic carbocycles. The van der Waals surface area contributed by atoms with Gasteiger partial charge in [0.15, 0.2) is 5.82 Å². The molecule has 1 aromatic carbocycles. The SMILES string of the molecule is CCC1CCC(COC(=O)[C@H](C)NP(=O)(OCC2(O)CO[C@@H](c3ccc4c(N)ncnn34)[C@@H]2O)Oc2ccccc2)CC1. The first kappa shape index (κ1) is 31.4. The summed E-state index contributed by atoms with van der Waals surface area (Å²) in [5, 5.41) is 29.3. The predicted octanol–water partition coefficient (Wildman–Crippen LogP) is 3.42. The second-order valence-electron chi connectivity index (χ2n) is 11.4. The van der Waals surface area contributed by atoms with Crippen molar-refractivity contribution in [3.8, 4) is 5.75 Å². The number of benzene rings is 1. The molecule has 2 unspecified atom stereocenters. The molecule has 0 radical (unpaired) electrons. The van der Waals surface area contributed by atoms with Gasteiger partial charge >= 0.3 is 13.7 Å². The molecule has 43 heavy (non-hydrogen) atoms. The summed E-state index contributed by atoms with van der Waals surface area (Å²) in [7, 11) is -4.29. The quantitative estimate of drug-likeness (QED) is 0.172. The maximum Gasteiger partial charge on any atom is 0.459 e. The number of carbonyl (C=O) groups excluding carboxylic acids is 1. The number of hydrogen-bond donors (Lipinski definition) is 4. The largest absolute Gasteiger partial charge is 0.464 e. The summed E-state index contributed by atoms with van der Waals surface area (Å²) in [5.41, 5.74) is 4.90. The van der Waals surface area contributed by atoms with Crippen molar-refractivity contribution < 1.29 is 38.1 Å². The summed E-state index contributed by atoms with van der Waals surface area (Å²) in [6.45, 7) is 3.02. The molecule has 234 valence electrons. The summed E-state index contributed by atoms with van der Waals surface area (Å²) in [6.07, 6.45) is 4.23. The number of aliphatic hydroxyl groups excluding tert-OH is 1. The number of nitrogens with one attached hydrogen (secondary N) is 1. The molecule has 1 aliphatic heterocycles. The van der Waals surface area contributed by atoms with E-state index < -0.39 is 44.2 Å². The summed E-state index contributed by atoms with van der Waals surface area (Å²) in [4.78, 5) is 16.8. The normalized spacial score (nSPS) is 27.9. The highest BCUT2D eigenvalue weighted by Crippen LogP contribution is 2.47. The van der Waals surface area contributed by atoms with Gasteiger partial charge in [-0.3, -0.25) is 9.32 Å². The van der Waals surface area contributed by atoms with E-state index >= 15 is 0 Å². The van der Waals surface area contributed by atoms with Crippen LogP contribution < -0.4 is 15.3 Å². The van der Waals surface area contributed by atoms with E-state index in [-0.39, 0.29) is 18.2 Å². The molecule has 5 N–H and O–H groups in total. The number of nitrogens with zero attached hydrogens (tertiary/aromatic N) is 3. The number of ether oxygens (including phenoxy) is 2. The molecule has 2 fully saturated rings. The van der Waals surface area contributed by atoms with Gasteiger partial charge in [0.1, 0.15) is 41.4 Å². The van der Waals surface area contributed by atoms with E-state index in [2.05, 4.69) is 22.1 Å². The molecular weight excluding hydrogens is 577 g/mol. The van der Waals surface area contributed by atoms with Crippen molar-refractivity contribution in [1.82, 2.24) is 19.7 Å². The zero-order valence-electron chi connectivity index (χ0n) is 24.4. The Morgan fingerprint density at radius 2 is 1.93 bits per heavy atom. The van der Waals surface area contributed by atoms with Crippen LogP contribution in [0.4, 0.5) is 5.82 Å². The number of nitrogens with two attached hydrogens (primary N) is 1. The van der Waals surface area contributed by atoms with Gasteiger partial charge in [0.25, 0.3) is 0 Å². The van der Waals surface area contributed by atoms with E-state index in [9.17, 15) is 19.6 Å². The Balaban J connectivity index is 1.24. The Morgan fingerprint density at radius 3 is 2.65 bits per heavy atom. The summed E-state index contributed by atoms with van der Waals surface area (Å²) < 4.78 is 38.1. The van der Waals surface area contributed by atoms with Gasteiger partial charge in [-0.25, -0.2) is 14.1 Å². The summed E-state index contributed by atoms with van der Waals surface area (Å²) in [5.74, 6) is 0.900. The third-order valence-corrected chi connectivity index (χ3v) is 9.94. The lowest BCUT2D eigenvalue weighted by molar-refractivity contribution is -0.147. The highest BCUT2D eigenvalue weighted by atomic mass is 31.2. The smallest absolute Gasteiger partial charge is 0.459 e. The first-order valence-electron chi connectivity index (χ1n) is 14.6. The molecule has 1 saturated heterocycles. The zero-order chi connectivity index (χ0) is 30.6. The Morgan fingerprint density at radius 1 is 1.21 bits per heavy atom. The summed E-state index contributed by atoms with van der Waals surface area (Å²) >= 11 is 0. The summed E-state index contributed by atoms with van der Waals surface area (Å²) in [6, 6.07) is 10.6. The van der Waals surface area contributed by atoms with Crippen LogP contribution in [-0.4, -0.2) is 68.3 Å². The van der Waals surface area contributed by atoms with Gasteiger partial charge in [0.05, 0.1) is 25.5 Å². The third kappa shape index (κ3) is 7.19. The minimum atomic E-state index is -4.29. The van der Waals surface area contributed by atoms with E-state index in [4.69, 9.17) is 24.3 Å². The number of anilines is 1. The Labute approximate surface area is 250 Å². The minimum absolute atomic E-state index is 0.219. The van der Waals surface area contributed by atoms with Crippen LogP contribution in [0.2, 0.25) is 0 Å². The molecule has 0 bridgehead atoms. The average Bonchev–Trinajstić information content (AvgIpc) is 3.57.